The van der Waals surface area contributed by atoms with Crippen LogP contribution in [0, 0.1) is 6.92 Å². The molecule has 0 spiro atoms. The minimum Gasteiger partial charge on any atom is -0.458 e. The number of ether oxygens (including phenoxy) is 2. The van der Waals surface area contributed by atoms with Gasteiger partial charge in [-0.25, -0.2) is 0 Å². The van der Waals surface area contributed by atoms with E-state index < -0.39 is 6.04 Å². The molecule has 4 heterocycles. The molecule has 0 bridgehead atoms. The van der Waals surface area contributed by atoms with Crippen molar-refractivity contribution in [3.63, 3.8) is 0 Å². The molecule has 1 aliphatic heterocycles. The Balaban J connectivity index is 1.30. The SMILES string of the molecule is Cc1ccc(-c2nnn(CC(=O)N(Cc3ccc4c(c3)OCO4)C(C(=O)NC3CCCCC3)c3cccs3)n2)o1. The topological polar surface area (TPSA) is 125 Å². The summed E-state index contributed by atoms with van der Waals surface area (Å²) in [6.07, 6.45) is 5.24. The van der Waals surface area contributed by atoms with Crippen LogP contribution in [0.3, 0.4) is 0 Å². The van der Waals surface area contributed by atoms with E-state index in [1.807, 2.05) is 48.7 Å². The summed E-state index contributed by atoms with van der Waals surface area (Å²) in [4.78, 5) is 31.4. The van der Waals surface area contributed by atoms with Gasteiger partial charge in [-0.1, -0.05) is 31.4 Å². The van der Waals surface area contributed by atoms with E-state index in [0.29, 0.717) is 17.3 Å². The number of carbonyl (C=O) groups is 2. The highest BCUT2D eigenvalue weighted by Gasteiger charge is 2.34. The molecule has 2 aliphatic rings. The Morgan fingerprint density at radius 2 is 1.98 bits per heavy atom. The fourth-order valence-electron chi connectivity index (χ4n) is 5.13. The molecule has 1 atom stereocenters. The van der Waals surface area contributed by atoms with Gasteiger partial charge in [-0.2, -0.15) is 4.80 Å². The number of nitrogens with one attached hydrogen (secondary N) is 1. The molecule has 1 saturated carbocycles. The molecule has 12 heteroatoms. The second-order valence-electron chi connectivity index (χ2n) is 10.0. The number of tetrazole rings is 1. The van der Waals surface area contributed by atoms with Crippen LogP contribution in [0.5, 0.6) is 11.5 Å². The largest absolute Gasteiger partial charge is 0.458 e. The van der Waals surface area contributed by atoms with Crippen LogP contribution in [-0.4, -0.2) is 49.8 Å². The summed E-state index contributed by atoms with van der Waals surface area (Å²) in [6, 6.07) is 12.2. The number of hydrogen-bond donors (Lipinski definition) is 1. The second-order valence-corrected chi connectivity index (χ2v) is 11.0. The summed E-state index contributed by atoms with van der Waals surface area (Å²) in [5, 5.41) is 17.6. The Morgan fingerprint density at radius 1 is 1.12 bits per heavy atom. The first-order valence-electron chi connectivity index (χ1n) is 13.4. The fraction of sp³-hybridized carbons (Fsp3) is 0.393. The molecule has 0 saturated heterocycles. The lowest BCUT2D eigenvalue weighted by Crippen LogP contribution is -2.47. The third kappa shape index (κ3) is 5.71. The van der Waals surface area contributed by atoms with Crippen molar-refractivity contribution in [2.24, 2.45) is 0 Å². The summed E-state index contributed by atoms with van der Waals surface area (Å²) in [5.74, 6) is 2.22. The number of aryl methyl sites for hydroxylation is 1. The lowest BCUT2D eigenvalue weighted by atomic mass is 9.95. The van der Waals surface area contributed by atoms with Crippen LogP contribution >= 0.6 is 11.3 Å². The number of nitrogens with zero attached hydrogens (tertiary/aromatic N) is 5. The van der Waals surface area contributed by atoms with Gasteiger partial charge in [0, 0.05) is 17.5 Å². The summed E-state index contributed by atoms with van der Waals surface area (Å²) in [7, 11) is 0. The zero-order chi connectivity index (χ0) is 27.5. The van der Waals surface area contributed by atoms with Gasteiger partial charge in [-0.3, -0.25) is 9.59 Å². The Hall–Kier alpha value is -4.19. The maximum absolute atomic E-state index is 14.0. The second kappa shape index (κ2) is 11.5. The highest BCUT2D eigenvalue weighted by molar-refractivity contribution is 7.10. The first-order valence-corrected chi connectivity index (χ1v) is 14.3. The number of benzene rings is 1. The molecule has 11 nitrogen and oxygen atoms in total. The number of amides is 2. The van der Waals surface area contributed by atoms with Crippen molar-refractivity contribution in [2.45, 2.75) is 64.2 Å². The van der Waals surface area contributed by atoms with Crippen LogP contribution in [-0.2, 0) is 22.7 Å². The quantitative estimate of drug-likeness (QED) is 0.321. The van der Waals surface area contributed by atoms with Gasteiger partial charge in [0.15, 0.2) is 17.3 Å². The standard InChI is InChI=1S/C28H30N6O5S/c1-18-9-11-22(39-18)27-30-32-34(31-27)16-25(35)33(15-19-10-12-21-23(14-19)38-17-37-21)26(24-8-5-13-40-24)28(36)29-20-6-3-2-4-7-20/h5,8-14,20,26H,2-4,6-7,15-17H2,1H3,(H,29,36). The Labute approximate surface area is 235 Å². The number of carbonyl (C=O) groups excluding carboxylic acids is 2. The van der Waals surface area contributed by atoms with Crippen molar-refractivity contribution in [3.05, 3.63) is 64.0 Å². The van der Waals surface area contributed by atoms with E-state index in [1.54, 1.807) is 11.0 Å². The first-order chi connectivity index (χ1) is 19.5. The Kier molecular flexibility index (Phi) is 7.49. The normalized spacial score (nSPS) is 15.6. The van der Waals surface area contributed by atoms with Gasteiger partial charge < -0.3 is 24.1 Å². The van der Waals surface area contributed by atoms with Gasteiger partial charge in [-0.05, 0) is 66.3 Å². The minimum atomic E-state index is -0.824. The lowest BCUT2D eigenvalue weighted by Gasteiger charge is -2.32. The van der Waals surface area contributed by atoms with Crippen LogP contribution < -0.4 is 14.8 Å². The molecule has 208 valence electrons. The monoisotopic (exact) mass is 562 g/mol. The van der Waals surface area contributed by atoms with Crippen LogP contribution in [0.1, 0.15) is 54.3 Å². The molecule has 40 heavy (non-hydrogen) atoms. The summed E-state index contributed by atoms with van der Waals surface area (Å²) in [5.41, 5.74) is 0.808. The molecular formula is C28H30N6O5S. The molecule has 1 aliphatic carbocycles. The molecule has 1 unspecified atom stereocenters. The van der Waals surface area contributed by atoms with Crippen molar-refractivity contribution >= 4 is 23.2 Å². The van der Waals surface area contributed by atoms with Crippen molar-refractivity contribution in [2.75, 3.05) is 6.79 Å². The predicted molar refractivity (Wildman–Crippen MR) is 145 cm³/mol. The average Bonchev–Trinajstić information content (AvgIpc) is 3.77. The van der Waals surface area contributed by atoms with Gasteiger partial charge in [0.05, 0.1) is 0 Å². The highest BCUT2D eigenvalue weighted by atomic mass is 32.1. The minimum absolute atomic E-state index is 0.0995. The maximum Gasteiger partial charge on any atom is 0.248 e. The van der Waals surface area contributed by atoms with E-state index >= 15 is 0 Å². The van der Waals surface area contributed by atoms with Crippen molar-refractivity contribution in [3.8, 4) is 23.1 Å². The number of thiophene rings is 1. The van der Waals surface area contributed by atoms with Crippen LogP contribution in [0.4, 0.5) is 0 Å². The molecule has 0 radical (unpaired) electrons. The van der Waals surface area contributed by atoms with Crippen LogP contribution in [0.2, 0.25) is 0 Å². The van der Waals surface area contributed by atoms with E-state index in [0.717, 1.165) is 41.9 Å². The lowest BCUT2D eigenvalue weighted by molar-refractivity contribution is -0.142. The van der Waals surface area contributed by atoms with Gasteiger partial charge in [0.2, 0.25) is 24.4 Å². The van der Waals surface area contributed by atoms with Crippen molar-refractivity contribution in [1.82, 2.24) is 30.4 Å². The molecule has 6 rings (SSSR count). The molecular weight excluding hydrogens is 532 g/mol. The van der Waals surface area contributed by atoms with E-state index in [2.05, 4.69) is 20.7 Å². The van der Waals surface area contributed by atoms with Gasteiger partial charge in [0.1, 0.15) is 18.3 Å². The number of fused-ring (bicyclic) bond motifs is 1. The van der Waals surface area contributed by atoms with E-state index in [-0.39, 0.29) is 43.6 Å². The van der Waals surface area contributed by atoms with Crippen molar-refractivity contribution in [1.29, 1.82) is 0 Å². The van der Waals surface area contributed by atoms with Crippen LogP contribution in [0.25, 0.3) is 11.6 Å². The van der Waals surface area contributed by atoms with Gasteiger partial charge in [0.25, 0.3) is 0 Å². The summed E-state index contributed by atoms with van der Waals surface area (Å²) < 4.78 is 16.6. The molecule has 1 N–H and O–H groups in total. The molecule has 1 fully saturated rings. The van der Waals surface area contributed by atoms with Gasteiger partial charge in [-0.15, -0.1) is 21.5 Å². The zero-order valence-corrected chi connectivity index (χ0v) is 22.9. The average molecular weight is 563 g/mol. The third-order valence-corrected chi connectivity index (χ3v) is 8.05. The number of aromatic nitrogens is 4. The summed E-state index contributed by atoms with van der Waals surface area (Å²) >= 11 is 1.45. The molecule has 3 aromatic heterocycles. The van der Waals surface area contributed by atoms with E-state index in [1.165, 1.54) is 22.6 Å². The summed E-state index contributed by atoms with van der Waals surface area (Å²) in [6.45, 7) is 1.96. The van der Waals surface area contributed by atoms with E-state index in [4.69, 9.17) is 13.9 Å². The predicted octanol–water partition coefficient (Wildman–Crippen LogP) is 4.25. The van der Waals surface area contributed by atoms with Gasteiger partial charge >= 0.3 is 0 Å². The Morgan fingerprint density at radius 3 is 2.75 bits per heavy atom. The number of hydrogen-bond acceptors (Lipinski definition) is 9. The highest BCUT2D eigenvalue weighted by Crippen LogP contribution is 2.34. The molecule has 4 aromatic rings. The Bertz CT molecular complexity index is 1480. The number of rotatable bonds is 9. The van der Waals surface area contributed by atoms with Crippen molar-refractivity contribution < 1.29 is 23.5 Å². The molecule has 1 aromatic carbocycles. The first kappa shape index (κ1) is 26.1. The van der Waals surface area contributed by atoms with E-state index in [9.17, 15) is 9.59 Å². The fourth-order valence-corrected chi connectivity index (χ4v) is 5.97. The third-order valence-electron chi connectivity index (χ3n) is 7.12. The molecule has 2 amide bonds. The smallest absolute Gasteiger partial charge is 0.248 e. The zero-order valence-electron chi connectivity index (χ0n) is 22.1. The van der Waals surface area contributed by atoms with Crippen LogP contribution in [0.15, 0.2) is 52.3 Å². The maximum atomic E-state index is 14.0. The number of furan rings is 1.